The molecule has 1 fully saturated rings. The van der Waals surface area contributed by atoms with Crippen molar-refractivity contribution in [2.24, 2.45) is 5.41 Å². The standard InChI is InChI=1S/C21H27N3O/c1-12-10-14-15(11-13(12)2)23-17-16(22-14)20(5)8-9-21(17,19(20,3)4)18(25)24(6)7/h10-11H,8-9H2,1-7H3/t20-,21+/m1/s1. The predicted molar refractivity (Wildman–Crippen MR) is 99.8 cm³/mol. The van der Waals surface area contributed by atoms with Gasteiger partial charge in [0.2, 0.25) is 5.91 Å². The Hall–Kier alpha value is -1.97. The highest BCUT2D eigenvalue weighted by molar-refractivity contribution is 5.92. The Morgan fingerprint density at radius 2 is 1.48 bits per heavy atom. The molecular formula is C21H27N3O. The van der Waals surface area contributed by atoms with Gasteiger partial charge in [-0.1, -0.05) is 20.8 Å². The number of carbonyl (C=O) groups excluding carboxylic acids is 1. The third-order valence-electron chi connectivity index (χ3n) is 7.42. The van der Waals surface area contributed by atoms with Crippen molar-refractivity contribution < 1.29 is 4.79 Å². The Labute approximate surface area is 149 Å². The van der Waals surface area contributed by atoms with Gasteiger partial charge in [0.1, 0.15) is 0 Å². The summed E-state index contributed by atoms with van der Waals surface area (Å²) in [6.07, 6.45) is 1.84. The van der Waals surface area contributed by atoms with Gasteiger partial charge in [0.15, 0.2) is 0 Å². The minimum absolute atomic E-state index is 0.117. The minimum Gasteiger partial charge on any atom is -0.348 e. The number of hydrogen-bond donors (Lipinski definition) is 0. The van der Waals surface area contributed by atoms with E-state index in [2.05, 4.69) is 46.8 Å². The molecule has 0 aliphatic heterocycles. The van der Waals surface area contributed by atoms with E-state index in [-0.39, 0.29) is 16.7 Å². The van der Waals surface area contributed by atoms with Crippen LogP contribution in [0.5, 0.6) is 0 Å². The molecule has 4 rings (SSSR count). The van der Waals surface area contributed by atoms with Crippen LogP contribution in [0.15, 0.2) is 12.1 Å². The summed E-state index contributed by atoms with van der Waals surface area (Å²) in [5, 5.41) is 0. The van der Waals surface area contributed by atoms with E-state index < -0.39 is 5.41 Å². The Morgan fingerprint density at radius 3 is 2.00 bits per heavy atom. The zero-order chi connectivity index (χ0) is 18.4. The highest BCUT2D eigenvalue weighted by Gasteiger charge is 2.73. The van der Waals surface area contributed by atoms with Crippen LogP contribution in [0.25, 0.3) is 11.0 Å². The lowest BCUT2D eigenvalue weighted by molar-refractivity contribution is -0.138. The lowest BCUT2D eigenvalue weighted by Gasteiger charge is -2.40. The molecule has 2 aliphatic rings. The fourth-order valence-corrected chi connectivity index (χ4v) is 5.21. The molecule has 0 radical (unpaired) electrons. The molecule has 4 heteroatoms. The number of benzene rings is 1. The van der Waals surface area contributed by atoms with Crippen molar-refractivity contribution in [1.82, 2.24) is 14.9 Å². The zero-order valence-electron chi connectivity index (χ0n) is 16.3. The van der Waals surface area contributed by atoms with E-state index in [1.54, 1.807) is 4.90 Å². The van der Waals surface area contributed by atoms with Crippen LogP contribution < -0.4 is 0 Å². The molecule has 0 saturated heterocycles. The van der Waals surface area contributed by atoms with Crippen molar-refractivity contribution in [1.29, 1.82) is 0 Å². The molecule has 1 saturated carbocycles. The normalized spacial score (nSPS) is 29.1. The average Bonchev–Trinajstić information content (AvgIpc) is 2.82. The Kier molecular flexibility index (Phi) is 3.03. The predicted octanol–water partition coefficient (Wildman–Crippen LogP) is 3.66. The fraction of sp³-hybridized carbons (Fsp3) is 0.571. The Balaban J connectivity index is 2.10. The first kappa shape index (κ1) is 16.5. The van der Waals surface area contributed by atoms with E-state index in [4.69, 9.17) is 9.97 Å². The summed E-state index contributed by atoms with van der Waals surface area (Å²) < 4.78 is 0. The topological polar surface area (TPSA) is 46.1 Å². The highest BCUT2D eigenvalue weighted by atomic mass is 16.2. The number of aryl methyl sites for hydroxylation is 2. The molecule has 25 heavy (non-hydrogen) atoms. The summed E-state index contributed by atoms with van der Waals surface area (Å²) in [7, 11) is 3.70. The van der Waals surface area contributed by atoms with Crippen LogP contribution >= 0.6 is 0 Å². The summed E-state index contributed by atoms with van der Waals surface area (Å²) in [6, 6.07) is 4.23. The van der Waals surface area contributed by atoms with E-state index in [1.165, 1.54) is 11.1 Å². The first-order chi connectivity index (χ1) is 11.6. The summed E-state index contributed by atoms with van der Waals surface area (Å²) in [5.41, 5.74) is 5.35. The number of likely N-dealkylation sites (N-methyl/N-ethyl adjacent to an activating group) is 1. The van der Waals surface area contributed by atoms with Crippen LogP contribution in [0, 0.1) is 19.3 Å². The van der Waals surface area contributed by atoms with Gasteiger partial charge >= 0.3 is 0 Å². The molecule has 1 heterocycles. The van der Waals surface area contributed by atoms with Crippen LogP contribution in [0.2, 0.25) is 0 Å². The van der Waals surface area contributed by atoms with E-state index in [0.717, 1.165) is 35.3 Å². The first-order valence-corrected chi connectivity index (χ1v) is 9.08. The molecule has 132 valence electrons. The first-order valence-electron chi connectivity index (χ1n) is 9.08. The molecule has 4 nitrogen and oxygen atoms in total. The molecule has 1 amide bonds. The van der Waals surface area contributed by atoms with Gasteiger partial charge in [-0.05, 0) is 55.4 Å². The van der Waals surface area contributed by atoms with Gasteiger partial charge in [-0.25, -0.2) is 9.97 Å². The highest BCUT2D eigenvalue weighted by Crippen LogP contribution is 2.70. The molecule has 2 atom stereocenters. The Bertz CT molecular complexity index is 930. The number of hydrogen-bond acceptors (Lipinski definition) is 3. The molecule has 2 aliphatic carbocycles. The van der Waals surface area contributed by atoms with Crippen LogP contribution in [0.1, 0.15) is 56.1 Å². The van der Waals surface area contributed by atoms with Crippen molar-refractivity contribution >= 4 is 16.9 Å². The van der Waals surface area contributed by atoms with Crippen LogP contribution in [0.4, 0.5) is 0 Å². The number of amides is 1. The van der Waals surface area contributed by atoms with Crippen molar-refractivity contribution in [3.05, 3.63) is 34.6 Å². The SMILES string of the molecule is Cc1cc2nc3c(nc2cc1C)[C@]1(C(=O)N(C)C)CC[C@@]3(C)C1(C)C. The Morgan fingerprint density at radius 1 is 0.960 bits per heavy atom. The van der Waals surface area contributed by atoms with E-state index in [0.29, 0.717) is 0 Å². The second-order valence-corrected chi connectivity index (χ2v) is 8.91. The van der Waals surface area contributed by atoms with E-state index in [1.807, 2.05) is 14.1 Å². The number of aromatic nitrogens is 2. The summed E-state index contributed by atoms with van der Waals surface area (Å²) >= 11 is 0. The van der Waals surface area contributed by atoms with Crippen molar-refractivity contribution in [2.75, 3.05) is 14.1 Å². The van der Waals surface area contributed by atoms with Crippen LogP contribution in [-0.4, -0.2) is 34.9 Å². The van der Waals surface area contributed by atoms with Crippen LogP contribution in [-0.2, 0) is 15.6 Å². The molecule has 0 spiro atoms. The maximum absolute atomic E-state index is 13.4. The zero-order valence-corrected chi connectivity index (χ0v) is 16.3. The van der Waals surface area contributed by atoms with Crippen molar-refractivity contribution in [3.8, 4) is 0 Å². The van der Waals surface area contributed by atoms with Crippen molar-refractivity contribution in [2.45, 2.75) is 58.3 Å². The van der Waals surface area contributed by atoms with Gasteiger partial charge in [0.25, 0.3) is 0 Å². The molecule has 1 aromatic heterocycles. The lowest BCUT2D eigenvalue weighted by Crippen LogP contribution is -2.50. The average molecular weight is 337 g/mol. The smallest absolute Gasteiger partial charge is 0.234 e. The molecule has 2 bridgehead atoms. The van der Waals surface area contributed by atoms with E-state index >= 15 is 0 Å². The second-order valence-electron chi connectivity index (χ2n) is 8.91. The third-order valence-corrected chi connectivity index (χ3v) is 7.42. The molecule has 1 aromatic carbocycles. The summed E-state index contributed by atoms with van der Waals surface area (Å²) in [5.74, 6) is 0.164. The second kappa shape index (κ2) is 4.60. The number of carbonyl (C=O) groups is 1. The van der Waals surface area contributed by atoms with Gasteiger partial charge in [-0.3, -0.25) is 4.79 Å². The summed E-state index contributed by atoms with van der Waals surface area (Å²) in [4.78, 5) is 25.2. The largest absolute Gasteiger partial charge is 0.348 e. The minimum atomic E-state index is -0.569. The maximum atomic E-state index is 13.4. The van der Waals surface area contributed by atoms with Crippen LogP contribution in [0.3, 0.4) is 0 Å². The van der Waals surface area contributed by atoms with Gasteiger partial charge in [0, 0.05) is 19.5 Å². The van der Waals surface area contributed by atoms with Gasteiger partial charge in [-0.15, -0.1) is 0 Å². The number of nitrogens with zero attached hydrogens (tertiary/aromatic N) is 3. The molecule has 0 N–H and O–H groups in total. The molecular weight excluding hydrogens is 310 g/mol. The third kappa shape index (κ3) is 1.66. The van der Waals surface area contributed by atoms with Gasteiger partial charge in [-0.2, -0.15) is 0 Å². The number of rotatable bonds is 1. The monoisotopic (exact) mass is 337 g/mol. The lowest BCUT2D eigenvalue weighted by atomic mass is 9.63. The molecule has 0 unspecified atom stereocenters. The van der Waals surface area contributed by atoms with Gasteiger partial charge < -0.3 is 4.90 Å². The van der Waals surface area contributed by atoms with E-state index in [9.17, 15) is 4.79 Å². The van der Waals surface area contributed by atoms with Crippen molar-refractivity contribution in [3.63, 3.8) is 0 Å². The number of fused-ring (bicyclic) bond motifs is 6. The van der Waals surface area contributed by atoms with Gasteiger partial charge in [0.05, 0.1) is 27.8 Å². The maximum Gasteiger partial charge on any atom is 0.234 e. The quantitative estimate of drug-likeness (QED) is 0.798. The summed E-state index contributed by atoms with van der Waals surface area (Å²) in [6.45, 7) is 10.9. The fourth-order valence-electron chi connectivity index (χ4n) is 5.21. The molecule has 2 aromatic rings.